The number of hydrogen-bond donors (Lipinski definition) is 0. The standard InChI is InChI=1S/C21H21N3OS/c1-12-13(2)22-23-20-17(12)18(15-8-9-15)19(26-20)21(25)24-10-16(11-24)14-6-4-3-5-7-14/h3-7,15-16H,8-11H2,1-2H3. The first kappa shape index (κ1) is 15.9. The lowest BCUT2D eigenvalue weighted by Crippen LogP contribution is -2.48. The van der Waals surface area contributed by atoms with Crippen LogP contribution >= 0.6 is 11.3 Å². The van der Waals surface area contributed by atoms with Crippen LogP contribution in [0.3, 0.4) is 0 Å². The van der Waals surface area contributed by atoms with Crippen LogP contribution < -0.4 is 0 Å². The second-order valence-corrected chi connectivity index (χ2v) is 8.53. The van der Waals surface area contributed by atoms with Crippen LogP contribution in [-0.4, -0.2) is 34.1 Å². The first-order valence-corrected chi connectivity index (χ1v) is 10.1. The largest absolute Gasteiger partial charge is 0.337 e. The number of thiophene rings is 1. The summed E-state index contributed by atoms with van der Waals surface area (Å²) in [5.41, 5.74) is 4.71. The Hall–Kier alpha value is -2.27. The molecular weight excluding hydrogens is 342 g/mol. The Bertz CT molecular complexity index is 1000. The minimum atomic E-state index is 0.180. The molecule has 0 radical (unpaired) electrons. The van der Waals surface area contributed by atoms with Crippen LogP contribution in [0.1, 0.15) is 56.7 Å². The van der Waals surface area contributed by atoms with Gasteiger partial charge in [0.15, 0.2) is 0 Å². The maximum absolute atomic E-state index is 13.2. The number of amides is 1. The van der Waals surface area contributed by atoms with Crippen molar-refractivity contribution in [2.24, 2.45) is 0 Å². The molecule has 0 atom stereocenters. The molecule has 26 heavy (non-hydrogen) atoms. The van der Waals surface area contributed by atoms with Crippen LogP contribution in [0.25, 0.3) is 10.2 Å². The average molecular weight is 363 g/mol. The lowest BCUT2D eigenvalue weighted by atomic mass is 9.91. The number of nitrogens with zero attached hydrogens (tertiary/aromatic N) is 3. The van der Waals surface area contributed by atoms with Crippen LogP contribution in [0, 0.1) is 13.8 Å². The molecule has 1 amide bonds. The first-order valence-electron chi connectivity index (χ1n) is 9.24. The van der Waals surface area contributed by atoms with Gasteiger partial charge >= 0.3 is 0 Å². The number of carbonyl (C=O) groups excluding carboxylic acids is 1. The maximum Gasteiger partial charge on any atom is 0.264 e. The minimum absolute atomic E-state index is 0.180. The summed E-state index contributed by atoms with van der Waals surface area (Å²) >= 11 is 1.53. The van der Waals surface area contributed by atoms with Gasteiger partial charge in [-0.15, -0.1) is 16.4 Å². The van der Waals surface area contributed by atoms with Crippen molar-refractivity contribution >= 4 is 27.5 Å². The van der Waals surface area contributed by atoms with Crippen molar-refractivity contribution in [3.05, 3.63) is 57.6 Å². The number of carbonyl (C=O) groups is 1. The van der Waals surface area contributed by atoms with E-state index in [0.717, 1.165) is 28.5 Å². The molecule has 0 N–H and O–H groups in total. The molecule has 1 aliphatic heterocycles. The predicted octanol–water partition coefficient (Wildman–Crippen LogP) is 4.43. The molecule has 4 nitrogen and oxygen atoms in total. The third-order valence-corrected chi connectivity index (χ3v) is 6.83. The molecule has 1 aliphatic carbocycles. The molecule has 0 unspecified atom stereocenters. The lowest BCUT2D eigenvalue weighted by molar-refractivity contribution is 0.0606. The van der Waals surface area contributed by atoms with Crippen molar-refractivity contribution in [3.8, 4) is 0 Å². The van der Waals surface area contributed by atoms with Gasteiger partial charge in [0, 0.05) is 24.4 Å². The Labute approximate surface area is 156 Å². The van der Waals surface area contributed by atoms with Gasteiger partial charge in [0.05, 0.1) is 10.6 Å². The van der Waals surface area contributed by atoms with Crippen molar-refractivity contribution < 1.29 is 4.79 Å². The van der Waals surface area contributed by atoms with E-state index in [-0.39, 0.29) is 5.91 Å². The van der Waals surface area contributed by atoms with E-state index in [1.807, 2.05) is 17.9 Å². The molecular formula is C21H21N3OS. The monoisotopic (exact) mass is 363 g/mol. The van der Waals surface area contributed by atoms with Crippen LogP contribution in [0.5, 0.6) is 0 Å². The van der Waals surface area contributed by atoms with E-state index in [2.05, 4.69) is 41.4 Å². The summed E-state index contributed by atoms with van der Waals surface area (Å²) in [6, 6.07) is 10.5. The first-order chi connectivity index (χ1) is 12.6. The zero-order valence-corrected chi connectivity index (χ0v) is 15.8. The van der Waals surface area contributed by atoms with Gasteiger partial charge < -0.3 is 4.90 Å². The number of hydrogen-bond acceptors (Lipinski definition) is 4. The van der Waals surface area contributed by atoms with Crippen LogP contribution in [-0.2, 0) is 0 Å². The number of aromatic nitrogens is 2. The number of aryl methyl sites for hydroxylation is 2. The Balaban J connectivity index is 1.47. The fourth-order valence-corrected chi connectivity index (χ4v) is 5.12. The fourth-order valence-electron chi connectivity index (χ4n) is 3.88. The van der Waals surface area contributed by atoms with Gasteiger partial charge in [0.1, 0.15) is 4.83 Å². The Morgan fingerprint density at radius 3 is 2.50 bits per heavy atom. The summed E-state index contributed by atoms with van der Waals surface area (Å²) in [7, 11) is 0. The summed E-state index contributed by atoms with van der Waals surface area (Å²) in [5.74, 6) is 1.16. The summed E-state index contributed by atoms with van der Waals surface area (Å²) in [6.07, 6.45) is 2.36. The van der Waals surface area contributed by atoms with Crippen molar-refractivity contribution in [2.45, 2.75) is 38.5 Å². The molecule has 2 aliphatic rings. The van der Waals surface area contributed by atoms with Gasteiger partial charge in [-0.25, -0.2) is 0 Å². The van der Waals surface area contributed by atoms with Crippen LogP contribution in [0.2, 0.25) is 0 Å². The van der Waals surface area contributed by atoms with Gasteiger partial charge in [0.25, 0.3) is 5.91 Å². The van der Waals surface area contributed by atoms with E-state index in [9.17, 15) is 4.79 Å². The summed E-state index contributed by atoms with van der Waals surface area (Å²) < 4.78 is 0. The Morgan fingerprint density at radius 2 is 1.81 bits per heavy atom. The highest BCUT2D eigenvalue weighted by Crippen LogP contribution is 2.49. The van der Waals surface area contributed by atoms with Crippen LogP contribution in [0.15, 0.2) is 30.3 Å². The van der Waals surface area contributed by atoms with Gasteiger partial charge in [-0.1, -0.05) is 30.3 Å². The Kier molecular flexibility index (Phi) is 3.60. The van der Waals surface area contributed by atoms with Gasteiger partial charge in [-0.05, 0) is 49.3 Å². The number of benzene rings is 1. The molecule has 0 bridgehead atoms. The van der Waals surface area contributed by atoms with Crippen LogP contribution in [0.4, 0.5) is 0 Å². The Morgan fingerprint density at radius 1 is 1.08 bits per heavy atom. The normalized spacial score (nSPS) is 17.5. The third kappa shape index (κ3) is 2.45. The van der Waals surface area contributed by atoms with Gasteiger partial charge in [0.2, 0.25) is 0 Å². The predicted molar refractivity (Wildman–Crippen MR) is 104 cm³/mol. The molecule has 2 aromatic heterocycles. The summed E-state index contributed by atoms with van der Waals surface area (Å²) in [6.45, 7) is 5.72. The van der Waals surface area contributed by atoms with Crippen molar-refractivity contribution in [1.29, 1.82) is 0 Å². The second-order valence-electron chi connectivity index (χ2n) is 7.53. The zero-order chi connectivity index (χ0) is 17.8. The van der Waals surface area contributed by atoms with Gasteiger partial charge in [-0.2, -0.15) is 5.10 Å². The molecule has 3 heterocycles. The summed E-state index contributed by atoms with van der Waals surface area (Å²) in [4.78, 5) is 17.0. The molecule has 5 rings (SSSR count). The number of fused-ring (bicyclic) bond motifs is 1. The second kappa shape index (κ2) is 5.88. The van der Waals surface area contributed by atoms with E-state index in [0.29, 0.717) is 11.8 Å². The average Bonchev–Trinajstić information content (AvgIpc) is 3.37. The molecule has 3 aromatic rings. The third-order valence-electron chi connectivity index (χ3n) is 5.75. The quantitative estimate of drug-likeness (QED) is 0.692. The van der Waals surface area contributed by atoms with E-state index in [1.165, 1.54) is 46.3 Å². The highest BCUT2D eigenvalue weighted by atomic mass is 32.1. The van der Waals surface area contributed by atoms with E-state index in [1.54, 1.807) is 0 Å². The van der Waals surface area contributed by atoms with E-state index < -0.39 is 0 Å². The fraction of sp³-hybridized carbons (Fsp3) is 0.381. The molecule has 1 saturated carbocycles. The van der Waals surface area contributed by atoms with Crippen molar-refractivity contribution in [2.75, 3.05) is 13.1 Å². The molecule has 2 fully saturated rings. The molecule has 5 heteroatoms. The smallest absolute Gasteiger partial charge is 0.264 e. The number of likely N-dealkylation sites (tertiary alicyclic amines) is 1. The SMILES string of the molecule is Cc1nnc2sc(C(=O)N3CC(c4ccccc4)C3)c(C3CC3)c2c1C. The minimum Gasteiger partial charge on any atom is -0.337 e. The molecule has 132 valence electrons. The number of rotatable bonds is 3. The zero-order valence-electron chi connectivity index (χ0n) is 15.0. The van der Waals surface area contributed by atoms with Gasteiger partial charge in [-0.3, -0.25) is 4.79 Å². The lowest BCUT2D eigenvalue weighted by Gasteiger charge is -2.39. The highest BCUT2D eigenvalue weighted by Gasteiger charge is 2.38. The summed E-state index contributed by atoms with van der Waals surface area (Å²) in [5, 5.41) is 9.83. The van der Waals surface area contributed by atoms with Crippen molar-refractivity contribution in [3.63, 3.8) is 0 Å². The maximum atomic E-state index is 13.2. The van der Waals surface area contributed by atoms with E-state index in [4.69, 9.17) is 0 Å². The molecule has 1 aromatic carbocycles. The van der Waals surface area contributed by atoms with E-state index >= 15 is 0 Å². The highest BCUT2D eigenvalue weighted by molar-refractivity contribution is 7.20. The van der Waals surface area contributed by atoms with Crippen molar-refractivity contribution in [1.82, 2.24) is 15.1 Å². The molecule has 0 spiro atoms. The topological polar surface area (TPSA) is 46.1 Å². The molecule has 1 saturated heterocycles.